The smallest absolute Gasteiger partial charge is 0.184 e. The highest BCUT2D eigenvalue weighted by Crippen LogP contribution is 2.43. The number of nitrogens with zero attached hydrogens (tertiary/aromatic N) is 2. The minimum Gasteiger partial charge on any atom is -0.346 e. The maximum absolute atomic E-state index is 15.5. The van der Waals surface area contributed by atoms with Crippen LogP contribution >= 0.6 is 0 Å². The van der Waals surface area contributed by atoms with Crippen LogP contribution in [0.15, 0.2) is 128 Å². The number of rotatable bonds is 6. The standard InChI is InChI=1S/C35H26F2N2O2/c36-29-20-25(34-40-18-19-41-34)21-30(37)33(29)24-16-17-31-32(22-24)39(23-38-31)35(26-10-4-1-5-11-26,27-12-6-2-7-13-27)28-14-8-3-9-15-28/h1-17,20-23,34H,18-19H2. The summed E-state index contributed by atoms with van der Waals surface area (Å²) in [6.45, 7) is 0.782. The number of benzene rings is 5. The first-order valence-electron chi connectivity index (χ1n) is 13.5. The van der Waals surface area contributed by atoms with Gasteiger partial charge in [-0.3, -0.25) is 0 Å². The molecule has 7 rings (SSSR count). The number of halogens is 2. The molecule has 6 aromatic rings. The first kappa shape index (κ1) is 25.3. The zero-order chi connectivity index (χ0) is 27.8. The van der Waals surface area contributed by atoms with E-state index < -0.39 is 23.5 Å². The maximum atomic E-state index is 15.5. The Morgan fingerprint density at radius 2 is 1.17 bits per heavy atom. The van der Waals surface area contributed by atoms with Gasteiger partial charge in [-0.1, -0.05) is 97.1 Å². The predicted molar refractivity (Wildman–Crippen MR) is 154 cm³/mol. The lowest BCUT2D eigenvalue weighted by Crippen LogP contribution is -2.37. The van der Waals surface area contributed by atoms with E-state index in [0.29, 0.717) is 29.9 Å². The van der Waals surface area contributed by atoms with Gasteiger partial charge in [-0.05, 0) is 46.5 Å². The normalized spacial score (nSPS) is 14.1. The van der Waals surface area contributed by atoms with Crippen LogP contribution in [-0.4, -0.2) is 22.8 Å². The summed E-state index contributed by atoms with van der Waals surface area (Å²) in [5, 5.41) is 0. The van der Waals surface area contributed by atoms with E-state index in [1.807, 2.05) is 73.1 Å². The molecule has 1 saturated heterocycles. The van der Waals surface area contributed by atoms with Crippen LogP contribution in [0.2, 0.25) is 0 Å². The van der Waals surface area contributed by atoms with Gasteiger partial charge in [0.1, 0.15) is 17.2 Å². The second kappa shape index (κ2) is 10.4. The molecular formula is C35H26F2N2O2. The van der Waals surface area contributed by atoms with Gasteiger partial charge < -0.3 is 14.0 Å². The van der Waals surface area contributed by atoms with E-state index in [0.717, 1.165) is 22.2 Å². The first-order chi connectivity index (χ1) is 20.2. The van der Waals surface area contributed by atoms with Crippen LogP contribution in [0.3, 0.4) is 0 Å². The van der Waals surface area contributed by atoms with Gasteiger partial charge in [-0.15, -0.1) is 0 Å². The Bertz CT molecular complexity index is 1700. The van der Waals surface area contributed by atoms with Crippen molar-refractivity contribution in [2.75, 3.05) is 13.2 Å². The van der Waals surface area contributed by atoms with E-state index >= 15 is 8.78 Å². The van der Waals surface area contributed by atoms with E-state index in [1.54, 1.807) is 6.07 Å². The summed E-state index contributed by atoms with van der Waals surface area (Å²) < 4.78 is 44.1. The molecule has 6 heteroatoms. The SMILES string of the molecule is Fc1cc(C2OCCO2)cc(F)c1-c1ccc2ncn(C(c3ccccc3)(c3ccccc3)c3ccccc3)c2c1. The first-order valence-corrected chi connectivity index (χ1v) is 13.5. The molecule has 1 fully saturated rings. The van der Waals surface area contributed by atoms with Crippen molar-refractivity contribution < 1.29 is 18.3 Å². The van der Waals surface area contributed by atoms with Gasteiger partial charge in [0.15, 0.2) is 6.29 Å². The third kappa shape index (κ3) is 4.24. The molecule has 0 unspecified atom stereocenters. The molecule has 0 radical (unpaired) electrons. The van der Waals surface area contributed by atoms with Crippen LogP contribution in [0.5, 0.6) is 0 Å². The molecule has 41 heavy (non-hydrogen) atoms. The molecule has 0 amide bonds. The van der Waals surface area contributed by atoms with E-state index in [9.17, 15) is 0 Å². The van der Waals surface area contributed by atoms with Crippen LogP contribution in [0.4, 0.5) is 8.78 Å². The minimum absolute atomic E-state index is 0.105. The van der Waals surface area contributed by atoms with E-state index in [1.165, 1.54) is 12.1 Å². The molecule has 5 aromatic carbocycles. The number of aromatic nitrogens is 2. The molecule has 0 bridgehead atoms. The third-order valence-corrected chi connectivity index (χ3v) is 7.73. The Kier molecular flexibility index (Phi) is 6.42. The van der Waals surface area contributed by atoms with Gasteiger partial charge >= 0.3 is 0 Å². The number of ether oxygens (including phenoxy) is 2. The Hall–Kier alpha value is -4.65. The van der Waals surface area contributed by atoms with Gasteiger partial charge in [-0.25, -0.2) is 13.8 Å². The fourth-order valence-corrected chi connectivity index (χ4v) is 5.94. The predicted octanol–water partition coefficient (Wildman–Crippen LogP) is 7.87. The van der Waals surface area contributed by atoms with Crippen LogP contribution in [-0.2, 0) is 15.0 Å². The summed E-state index contributed by atoms with van der Waals surface area (Å²) >= 11 is 0. The summed E-state index contributed by atoms with van der Waals surface area (Å²) in [6, 6.07) is 38.6. The van der Waals surface area contributed by atoms with Gasteiger partial charge in [0.05, 0.1) is 36.1 Å². The largest absolute Gasteiger partial charge is 0.346 e. The molecule has 0 atom stereocenters. The highest BCUT2D eigenvalue weighted by Gasteiger charge is 2.39. The summed E-state index contributed by atoms with van der Waals surface area (Å²) in [5.74, 6) is -1.35. The topological polar surface area (TPSA) is 36.3 Å². The van der Waals surface area contributed by atoms with Crippen LogP contribution < -0.4 is 0 Å². The zero-order valence-electron chi connectivity index (χ0n) is 22.1. The molecule has 0 N–H and O–H groups in total. The van der Waals surface area contributed by atoms with Crippen molar-refractivity contribution in [3.8, 4) is 11.1 Å². The lowest BCUT2D eigenvalue weighted by Gasteiger charge is -2.38. The summed E-state index contributed by atoms with van der Waals surface area (Å²) in [4.78, 5) is 4.75. The Morgan fingerprint density at radius 3 is 1.68 bits per heavy atom. The van der Waals surface area contributed by atoms with E-state index in [4.69, 9.17) is 14.5 Å². The molecule has 1 aromatic heterocycles. The third-order valence-electron chi connectivity index (χ3n) is 7.73. The highest BCUT2D eigenvalue weighted by molar-refractivity contribution is 5.83. The Morgan fingerprint density at radius 1 is 0.659 bits per heavy atom. The Labute approximate surface area is 236 Å². The average Bonchev–Trinajstić information content (AvgIpc) is 3.70. The van der Waals surface area contributed by atoms with Crippen molar-refractivity contribution in [2.24, 2.45) is 0 Å². The molecule has 1 aliphatic heterocycles. The summed E-state index contributed by atoms with van der Waals surface area (Å²) in [7, 11) is 0. The quantitative estimate of drug-likeness (QED) is 0.200. The molecule has 1 aliphatic rings. The highest BCUT2D eigenvalue weighted by atomic mass is 19.1. The van der Waals surface area contributed by atoms with Gasteiger partial charge in [0, 0.05) is 5.56 Å². The lowest BCUT2D eigenvalue weighted by molar-refractivity contribution is -0.0444. The van der Waals surface area contributed by atoms with E-state index in [-0.39, 0.29) is 5.56 Å². The molecule has 2 heterocycles. The second-order valence-electron chi connectivity index (χ2n) is 10.1. The fraction of sp³-hybridized carbons (Fsp3) is 0.114. The number of imidazole rings is 1. The summed E-state index contributed by atoms with van der Waals surface area (Å²) in [5.41, 5.74) is 4.36. The molecule has 4 nitrogen and oxygen atoms in total. The van der Waals surface area contributed by atoms with Crippen LogP contribution in [0, 0.1) is 11.6 Å². The Balaban J connectivity index is 1.48. The van der Waals surface area contributed by atoms with Crippen LogP contribution in [0.25, 0.3) is 22.2 Å². The molecule has 0 saturated carbocycles. The van der Waals surface area contributed by atoms with Crippen molar-refractivity contribution in [2.45, 2.75) is 11.8 Å². The number of hydrogen-bond acceptors (Lipinski definition) is 3. The minimum atomic E-state index is -0.810. The molecular weight excluding hydrogens is 518 g/mol. The second-order valence-corrected chi connectivity index (χ2v) is 10.1. The van der Waals surface area contributed by atoms with Crippen molar-refractivity contribution in [1.29, 1.82) is 0 Å². The van der Waals surface area contributed by atoms with Gasteiger partial charge in [-0.2, -0.15) is 0 Å². The molecule has 0 spiro atoms. The number of fused-ring (bicyclic) bond motifs is 1. The van der Waals surface area contributed by atoms with Crippen molar-refractivity contribution >= 4 is 11.0 Å². The number of hydrogen-bond donors (Lipinski definition) is 0. The van der Waals surface area contributed by atoms with Crippen LogP contribution in [0.1, 0.15) is 28.5 Å². The average molecular weight is 545 g/mol. The van der Waals surface area contributed by atoms with E-state index in [2.05, 4.69) is 41.0 Å². The lowest BCUT2D eigenvalue weighted by atomic mass is 9.76. The zero-order valence-corrected chi connectivity index (χ0v) is 22.1. The summed E-state index contributed by atoms with van der Waals surface area (Å²) in [6.07, 6.45) is 1.05. The van der Waals surface area contributed by atoms with Crippen molar-refractivity contribution in [3.63, 3.8) is 0 Å². The van der Waals surface area contributed by atoms with Crippen molar-refractivity contribution in [3.05, 3.63) is 162 Å². The van der Waals surface area contributed by atoms with Gasteiger partial charge in [0.25, 0.3) is 0 Å². The fourth-order valence-electron chi connectivity index (χ4n) is 5.94. The van der Waals surface area contributed by atoms with Crippen molar-refractivity contribution in [1.82, 2.24) is 9.55 Å². The maximum Gasteiger partial charge on any atom is 0.184 e. The molecule has 0 aliphatic carbocycles. The van der Waals surface area contributed by atoms with Gasteiger partial charge in [0.2, 0.25) is 0 Å². The molecule has 202 valence electrons. The monoisotopic (exact) mass is 544 g/mol.